The average molecular weight is 274 g/mol. The Kier molecular flexibility index (Phi) is 4.45. The van der Waals surface area contributed by atoms with Gasteiger partial charge in [0.1, 0.15) is 11.5 Å². The van der Waals surface area contributed by atoms with Crippen LogP contribution in [-0.4, -0.2) is 26.3 Å². The van der Waals surface area contributed by atoms with Gasteiger partial charge < -0.3 is 14.2 Å². The van der Waals surface area contributed by atoms with Gasteiger partial charge in [-0.3, -0.25) is 0 Å². The van der Waals surface area contributed by atoms with Gasteiger partial charge >= 0.3 is 5.97 Å². The molecule has 0 spiro atoms. The van der Waals surface area contributed by atoms with Crippen LogP contribution in [-0.2, 0) is 4.74 Å². The standard InChI is InChI=1S/C16H18O4/c1-4-19-15-10-11(16(17)20-5-2)9-13-12(15)7-6-8-14(13)18-3/h6-10H,4-5H2,1-3H3. The number of esters is 1. The molecule has 0 fully saturated rings. The summed E-state index contributed by atoms with van der Waals surface area (Å²) in [6.07, 6.45) is 0. The zero-order chi connectivity index (χ0) is 14.5. The topological polar surface area (TPSA) is 44.8 Å². The van der Waals surface area contributed by atoms with Crippen LogP contribution in [0.1, 0.15) is 24.2 Å². The predicted octanol–water partition coefficient (Wildman–Crippen LogP) is 3.42. The summed E-state index contributed by atoms with van der Waals surface area (Å²) in [6, 6.07) is 9.18. The molecule has 0 amide bonds. The highest BCUT2D eigenvalue weighted by atomic mass is 16.5. The van der Waals surface area contributed by atoms with E-state index in [1.165, 1.54) is 0 Å². The van der Waals surface area contributed by atoms with E-state index in [1.54, 1.807) is 26.2 Å². The van der Waals surface area contributed by atoms with Crippen molar-refractivity contribution in [2.24, 2.45) is 0 Å². The van der Waals surface area contributed by atoms with Crippen molar-refractivity contribution in [3.8, 4) is 11.5 Å². The number of fused-ring (bicyclic) bond motifs is 1. The van der Waals surface area contributed by atoms with E-state index in [1.807, 2.05) is 25.1 Å². The summed E-state index contributed by atoms with van der Waals surface area (Å²) in [4.78, 5) is 11.9. The molecule has 4 nitrogen and oxygen atoms in total. The summed E-state index contributed by atoms with van der Waals surface area (Å²) in [5, 5.41) is 1.75. The maximum atomic E-state index is 11.9. The summed E-state index contributed by atoms with van der Waals surface area (Å²) >= 11 is 0. The van der Waals surface area contributed by atoms with Gasteiger partial charge in [0.25, 0.3) is 0 Å². The van der Waals surface area contributed by atoms with Gasteiger partial charge in [0.05, 0.1) is 25.9 Å². The Bertz CT molecular complexity index is 619. The second-order valence-corrected chi connectivity index (χ2v) is 4.18. The maximum absolute atomic E-state index is 11.9. The van der Waals surface area contributed by atoms with Gasteiger partial charge in [-0.1, -0.05) is 12.1 Å². The van der Waals surface area contributed by atoms with E-state index in [4.69, 9.17) is 14.2 Å². The molecular formula is C16H18O4. The molecule has 0 aliphatic heterocycles. The van der Waals surface area contributed by atoms with Gasteiger partial charge in [-0.15, -0.1) is 0 Å². The van der Waals surface area contributed by atoms with E-state index in [0.29, 0.717) is 30.3 Å². The molecule has 0 heterocycles. The molecule has 0 radical (unpaired) electrons. The third-order valence-corrected chi connectivity index (χ3v) is 2.95. The minimum atomic E-state index is -0.360. The van der Waals surface area contributed by atoms with E-state index in [2.05, 4.69) is 0 Å². The van der Waals surface area contributed by atoms with E-state index in [9.17, 15) is 4.79 Å². The quantitative estimate of drug-likeness (QED) is 0.784. The number of benzene rings is 2. The van der Waals surface area contributed by atoms with Gasteiger partial charge in [-0.2, -0.15) is 0 Å². The zero-order valence-electron chi connectivity index (χ0n) is 11.9. The average Bonchev–Trinajstić information content (AvgIpc) is 2.47. The molecule has 0 unspecified atom stereocenters. The van der Waals surface area contributed by atoms with Gasteiger partial charge in [0.2, 0.25) is 0 Å². The highest BCUT2D eigenvalue weighted by Crippen LogP contribution is 2.33. The van der Waals surface area contributed by atoms with Crippen LogP contribution in [0.2, 0.25) is 0 Å². The highest BCUT2D eigenvalue weighted by molar-refractivity contribution is 6.00. The van der Waals surface area contributed by atoms with E-state index in [-0.39, 0.29) is 5.97 Å². The first-order valence-electron chi connectivity index (χ1n) is 6.62. The first-order chi connectivity index (χ1) is 9.71. The fourth-order valence-electron chi connectivity index (χ4n) is 2.11. The number of hydrogen-bond donors (Lipinski definition) is 0. The molecule has 4 heteroatoms. The van der Waals surface area contributed by atoms with Crippen LogP contribution >= 0.6 is 0 Å². The molecule has 0 aromatic heterocycles. The Morgan fingerprint density at radius 3 is 2.50 bits per heavy atom. The number of hydrogen-bond acceptors (Lipinski definition) is 4. The minimum Gasteiger partial charge on any atom is -0.496 e. The molecule has 0 aliphatic carbocycles. The SMILES string of the molecule is CCOC(=O)c1cc(OCC)c2cccc(OC)c2c1. The third kappa shape index (κ3) is 2.69. The van der Waals surface area contributed by atoms with Crippen molar-refractivity contribution in [1.82, 2.24) is 0 Å². The molecule has 0 aliphatic rings. The van der Waals surface area contributed by atoms with Crippen LogP contribution in [0.5, 0.6) is 11.5 Å². The summed E-state index contributed by atoms with van der Waals surface area (Å²) < 4.78 is 16.0. The normalized spacial score (nSPS) is 10.3. The van der Waals surface area contributed by atoms with Crippen molar-refractivity contribution >= 4 is 16.7 Å². The fraction of sp³-hybridized carbons (Fsp3) is 0.312. The second kappa shape index (κ2) is 6.28. The summed E-state index contributed by atoms with van der Waals surface area (Å²) in [7, 11) is 1.60. The molecule has 2 aromatic carbocycles. The monoisotopic (exact) mass is 274 g/mol. The van der Waals surface area contributed by atoms with Crippen LogP contribution in [0.3, 0.4) is 0 Å². The van der Waals surface area contributed by atoms with Crippen LogP contribution < -0.4 is 9.47 Å². The molecule has 106 valence electrons. The molecule has 0 N–H and O–H groups in total. The third-order valence-electron chi connectivity index (χ3n) is 2.95. The number of ether oxygens (including phenoxy) is 3. The van der Waals surface area contributed by atoms with Gasteiger partial charge in [-0.05, 0) is 32.0 Å². The fourth-order valence-corrected chi connectivity index (χ4v) is 2.11. The van der Waals surface area contributed by atoms with E-state index >= 15 is 0 Å². The van der Waals surface area contributed by atoms with Crippen molar-refractivity contribution < 1.29 is 19.0 Å². The number of carbonyl (C=O) groups excluding carboxylic acids is 1. The summed E-state index contributed by atoms with van der Waals surface area (Å²) in [5.74, 6) is 1.00. The molecule has 2 rings (SSSR count). The lowest BCUT2D eigenvalue weighted by atomic mass is 10.0. The Hall–Kier alpha value is -2.23. The van der Waals surface area contributed by atoms with E-state index < -0.39 is 0 Å². The summed E-state index contributed by atoms with van der Waals surface area (Å²) in [6.45, 7) is 4.55. The molecule has 0 saturated heterocycles. The number of rotatable bonds is 5. The molecule has 0 atom stereocenters. The lowest BCUT2D eigenvalue weighted by Crippen LogP contribution is -2.05. The minimum absolute atomic E-state index is 0.340. The first kappa shape index (κ1) is 14.2. The van der Waals surface area contributed by atoms with Crippen molar-refractivity contribution in [3.63, 3.8) is 0 Å². The Morgan fingerprint density at radius 1 is 1.05 bits per heavy atom. The maximum Gasteiger partial charge on any atom is 0.338 e. The number of carbonyl (C=O) groups is 1. The van der Waals surface area contributed by atoms with Crippen LogP contribution in [0.15, 0.2) is 30.3 Å². The lowest BCUT2D eigenvalue weighted by molar-refractivity contribution is 0.0526. The van der Waals surface area contributed by atoms with Crippen molar-refractivity contribution in [3.05, 3.63) is 35.9 Å². The molecule has 20 heavy (non-hydrogen) atoms. The zero-order valence-corrected chi connectivity index (χ0v) is 11.9. The van der Waals surface area contributed by atoms with Gasteiger partial charge in [-0.25, -0.2) is 4.79 Å². The van der Waals surface area contributed by atoms with Crippen molar-refractivity contribution in [1.29, 1.82) is 0 Å². The van der Waals surface area contributed by atoms with Crippen molar-refractivity contribution in [2.75, 3.05) is 20.3 Å². The number of methoxy groups -OCH3 is 1. The Balaban J connectivity index is 2.64. The first-order valence-corrected chi connectivity index (χ1v) is 6.62. The molecular weight excluding hydrogens is 256 g/mol. The Morgan fingerprint density at radius 2 is 1.85 bits per heavy atom. The molecule has 0 bridgehead atoms. The lowest BCUT2D eigenvalue weighted by Gasteiger charge is -2.12. The summed E-state index contributed by atoms with van der Waals surface area (Å²) in [5.41, 5.74) is 0.465. The van der Waals surface area contributed by atoms with E-state index in [0.717, 1.165) is 10.8 Å². The smallest absolute Gasteiger partial charge is 0.338 e. The van der Waals surface area contributed by atoms with Crippen LogP contribution in [0.25, 0.3) is 10.8 Å². The largest absolute Gasteiger partial charge is 0.496 e. The second-order valence-electron chi connectivity index (χ2n) is 4.18. The molecule has 0 saturated carbocycles. The van der Waals surface area contributed by atoms with Crippen molar-refractivity contribution in [2.45, 2.75) is 13.8 Å². The van der Waals surface area contributed by atoms with Crippen LogP contribution in [0, 0.1) is 0 Å². The van der Waals surface area contributed by atoms with Crippen LogP contribution in [0.4, 0.5) is 0 Å². The van der Waals surface area contributed by atoms with Gasteiger partial charge in [0.15, 0.2) is 0 Å². The predicted molar refractivity (Wildman–Crippen MR) is 77.6 cm³/mol. The Labute approximate surface area is 118 Å². The van der Waals surface area contributed by atoms with Gasteiger partial charge in [0, 0.05) is 10.8 Å². The highest BCUT2D eigenvalue weighted by Gasteiger charge is 2.14. The molecule has 2 aromatic rings.